The standard InChI is InChI=1S/C9H14N2O/c1-7-5-6-8(12-4)9(10-7)11(2)3/h5-6H,1-4H3. The molecule has 0 saturated carbocycles. The van der Waals surface area contributed by atoms with Crippen LogP contribution in [-0.4, -0.2) is 26.2 Å². The molecule has 0 bridgehead atoms. The molecule has 0 aliphatic carbocycles. The van der Waals surface area contributed by atoms with Gasteiger partial charge in [-0.15, -0.1) is 0 Å². The number of nitrogens with zero attached hydrogens (tertiary/aromatic N) is 2. The summed E-state index contributed by atoms with van der Waals surface area (Å²) in [7, 11) is 5.55. The van der Waals surface area contributed by atoms with Gasteiger partial charge in [0.05, 0.1) is 7.11 Å². The van der Waals surface area contributed by atoms with Crippen LogP contribution in [0.15, 0.2) is 12.1 Å². The molecule has 0 aliphatic rings. The van der Waals surface area contributed by atoms with E-state index >= 15 is 0 Å². The van der Waals surface area contributed by atoms with Gasteiger partial charge in [0.15, 0.2) is 11.6 Å². The molecule has 1 rings (SSSR count). The van der Waals surface area contributed by atoms with Crippen molar-refractivity contribution in [3.05, 3.63) is 17.8 Å². The number of hydrogen-bond donors (Lipinski definition) is 0. The largest absolute Gasteiger partial charge is 0.493 e. The van der Waals surface area contributed by atoms with Gasteiger partial charge in [-0.2, -0.15) is 0 Å². The summed E-state index contributed by atoms with van der Waals surface area (Å²) in [4.78, 5) is 6.28. The van der Waals surface area contributed by atoms with E-state index in [2.05, 4.69) is 4.98 Å². The number of rotatable bonds is 2. The zero-order valence-corrected chi connectivity index (χ0v) is 7.96. The van der Waals surface area contributed by atoms with Gasteiger partial charge < -0.3 is 9.64 Å². The van der Waals surface area contributed by atoms with Crippen LogP contribution in [0, 0.1) is 6.92 Å². The first-order valence-electron chi connectivity index (χ1n) is 3.84. The maximum absolute atomic E-state index is 5.16. The quantitative estimate of drug-likeness (QED) is 0.665. The van der Waals surface area contributed by atoms with Crippen molar-refractivity contribution in [2.75, 3.05) is 26.1 Å². The summed E-state index contributed by atoms with van der Waals surface area (Å²) >= 11 is 0. The predicted octanol–water partition coefficient (Wildman–Crippen LogP) is 1.46. The number of aromatic nitrogens is 1. The van der Waals surface area contributed by atoms with E-state index < -0.39 is 0 Å². The normalized spacial score (nSPS) is 9.67. The Kier molecular flexibility index (Phi) is 2.53. The molecule has 0 spiro atoms. The molecule has 0 amide bonds. The molecule has 0 aliphatic heterocycles. The highest BCUT2D eigenvalue weighted by atomic mass is 16.5. The molecule has 1 heterocycles. The third kappa shape index (κ3) is 1.67. The lowest BCUT2D eigenvalue weighted by Crippen LogP contribution is -2.12. The third-order valence-electron chi connectivity index (χ3n) is 1.62. The van der Waals surface area contributed by atoms with Crippen LogP contribution >= 0.6 is 0 Å². The third-order valence-corrected chi connectivity index (χ3v) is 1.62. The van der Waals surface area contributed by atoms with Crippen molar-refractivity contribution in [2.45, 2.75) is 6.92 Å². The summed E-state index contributed by atoms with van der Waals surface area (Å²) in [5, 5.41) is 0. The lowest BCUT2D eigenvalue weighted by atomic mass is 10.3. The van der Waals surface area contributed by atoms with Crippen LogP contribution in [0.1, 0.15) is 5.69 Å². The van der Waals surface area contributed by atoms with Crippen molar-refractivity contribution in [1.82, 2.24) is 4.98 Å². The summed E-state index contributed by atoms with van der Waals surface area (Å²) in [6, 6.07) is 3.86. The van der Waals surface area contributed by atoms with Gasteiger partial charge in [0, 0.05) is 19.8 Å². The number of aryl methyl sites for hydroxylation is 1. The molecule has 1 aromatic heterocycles. The average Bonchev–Trinajstić information content (AvgIpc) is 2.04. The van der Waals surface area contributed by atoms with Gasteiger partial charge in [-0.1, -0.05) is 0 Å². The average molecular weight is 166 g/mol. The molecule has 0 unspecified atom stereocenters. The maximum atomic E-state index is 5.16. The molecular weight excluding hydrogens is 152 g/mol. The summed E-state index contributed by atoms with van der Waals surface area (Å²) < 4.78 is 5.16. The van der Waals surface area contributed by atoms with Gasteiger partial charge >= 0.3 is 0 Å². The molecule has 12 heavy (non-hydrogen) atoms. The number of anilines is 1. The second kappa shape index (κ2) is 3.43. The van der Waals surface area contributed by atoms with Crippen LogP contribution in [-0.2, 0) is 0 Å². The molecule has 3 heteroatoms. The molecule has 0 aromatic carbocycles. The molecule has 0 atom stereocenters. The van der Waals surface area contributed by atoms with E-state index in [9.17, 15) is 0 Å². The Balaban J connectivity index is 3.12. The fraction of sp³-hybridized carbons (Fsp3) is 0.444. The molecule has 0 radical (unpaired) electrons. The Morgan fingerprint density at radius 1 is 1.33 bits per heavy atom. The SMILES string of the molecule is COc1ccc(C)nc1N(C)C. The van der Waals surface area contributed by atoms with Crippen molar-refractivity contribution >= 4 is 5.82 Å². The Hall–Kier alpha value is -1.25. The zero-order chi connectivity index (χ0) is 9.14. The first-order valence-corrected chi connectivity index (χ1v) is 3.84. The van der Waals surface area contributed by atoms with Gasteiger partial charge in [-0.25, -0.2) is 4.98 Å². The summed E-state index contributed by atoms with van der Waals surface area (Å²) in [5.41, 5.74) is 1.000. The zero-order valence-electron chi connectivity index (χ0n) is 7.96. The van der Waals surface area contributed by atoms with Gasteiger partial charge in [0.1, 0.15) is 0 Å². The van der Waals surface area contributed by atoms with Crippen molar-refractivity contribution in [1.29, 1.82) is 0 Å². The minimum absolute atomic E-state index is 0.811. The monoisotopic (exact) mass is 166 g/mol. The Morgan fingerprint density at radius 2 is 2.00 bits per heavy atom. The van der Waals surface area contributed by atoms with Crippen molar-refractivity contribution in [2.24, 2.45) is 0 Å². The first kappa shape index (κ1) is 8.84. The molecule has 0 saturated heterocycles. The predicted molar refractivity (Wildman–Crippen MR) is 49.9 cm³/mol. The fourth-order valence-corrected chi connectivity index (χ4v) is 1.01. The van der Waals surface area contributed by atoms with Crippen LogP contribution in [0.3, 0.4) is 0 Å². The minimum Gasteiger partial charge on any atom is -0.493 e. The van der Waals surface area contributed by atoms with E-state index in [1.165, 1.54) is 0 Å². The van der Waals surface area contributed by atoms with Crippen LogP contribution in [0.2, 0.25) is 0 Å². The van der Waals surface area contributed by atoms with E-state index in [4.69, 9.17) is 4.74 Å². The molecule has 3 nitrogen and oxygen atoms in total. The van der Waals surface area contributed by atoms with E-state index in [1.54, 1.807) is 7.11 Å². The Bertz CT molecular complexity index is 271. The van der Waals surface area contributed by atoms with Gasteiger partial charge in [-0.3, -0.25) is 0 Å². The molecule has 1 aromatic rings. The topological polar surface area (TPSA) is 25.4 Å². The van der Waals surface area contributed by atoms with Crippen molar-refractivity contribution in [3.8, 4) is 5.75 Å². The smallest absolute Gasteiger partial charge is 0.171 e. The molecule has 66 valence electrons. The number of methoxy groups -OCH3 is 1. The Morgan fingerprint density at radius 3 is 2.50 bits per heavy atom. The minimum atomic E-state index is 0.811. The van der Waals surface area contributed by atoms with E-state index in [1.807, 2.05) is 38.1 Å². The van der Waals surface area contributed by atoms with Gasteiger partial charge in [-0.05, 0) is 19.1 Å². The summed E-state index contributed by atoms with van der Waals surface area (Å²) in [5.74, 6) is 1.68. The van der Waals surface area contributed by atoms with Crippen molar-refractivity contribution in [3.63, 3.8) is 0 Å². The lowest BCUT2D eigenvalue weighted by Gasteiger charge is -2.15. The van der Waals surface area contributed by atoms with E-state index in [-0.39, 0.29) is 0 Å². The highest BCUT2D eigenvalue weighted by molar-refractivity contribution is 5.51. The van der Waals surface area contributed by atoms with E-state index in [0.29, 0.717) is 0 Å². The highest BCUT2D eigenvalue weighted by Crippen LogP contribution is 2.23. The molecule has 0 N–H and O–H groups in total. The van der Waals surface area contributed by atoms with Gasteiger partial charge in [0.25, 0.3) is 0 Å². The lowest BCUT2D eigenvalue weighted by molar-refractivity contribution is 0.413. The summed E-state index contributed by atoms with van der Waals surface area (Å²) in [6.45, 7) is 1.96. The Labute approximate surface area is 73.0 Å². The second-order valence-electron chi connectivity index (χ2n) is 2.87. The van der Waals surface area contributed by atoms with Crippen LogP contribution < -0.4 is 9.64 Å². The molecule has 0 fully saturated rings. The summed E-state index contributed by atoms with van der Waals surface area (Å²) in [6.07, 6.45) is 0. The number of hydrogen-bond acceptors (Lipinski definition) is 3. The molecular formula is C9H14N2O. The van der Waals surface area contributed by atoms with Crippen LogP contribution in [0.4, 0.5) is 5.82 Å². The second-order valence-corrected chi connectivity index (χ2v) is 2.87. The van der Waals surface area contributed by atoms with Gasteiger partial charge in [0.2, 0.25) is 0 Å². The number of pyridine rings is 1. The highest BCUT2D eigenvalue weighted by Gasteiger charge is 2.05. The van der Waals surface area contributed by atoms with Crippen LogP contribution in [0.25, 0.3) is 0 Å². The van der Waals surface area contributed by atoms with Crippen molar-refractivity contribution < 1.29 is 4.74 Å². The van der Waals surface area contributed by atoms with E-state index in [0.717, 1.165) is 17.3 Å². The fourth-order valence-electron chi connectivity index (χ4n) is 1.01. The maximum Gasteiger partial charge on any atom is 0.171 e. The van der Waals surface area contributed by atoms with Crippen LogP contribution in [0.5, 0.6) is 5.75 Å². The first-order chi connectivity index (χ1) is 5.65. The number of ether oxygens (including phenoxy) is 1.